The molecule has 1 saturated heterocycles. The number of sulfonamides is 1. The first-order valence-electron chi connectivity index (χ1n) is 7.58. The van der Waals surface area contributed by atoms with Crippen molar-refractivity contribution in [2.24, 2.45) is 0 Å². The summed E-state index contributed by atoms with van der Waals surface area (Å²) in [5, 5.41) is 9.81. The van der Waals surface area contributed by atoms with Crippen LogP contribution in [-0.2, 0) is 19.6 Å². The number of nitrogens with zero attached hydrogens (tertiary/aromatic N) is 1. The number of halogens is 1. The van der Waals surface area contributed by atoms with Crippen LogP contribution in [0.5, 0.6) is 0 Å². The van der Waals surface area contributed by atoms with Crippen LogP contribution in [0.2, 0.25) is 0 Å². The van der Waals surface area contributed by atoms with Gasteiger partial charge in [0.1, 0.15) is 11.9 Å². The van der Waals surface area contributed by atoms with Crippen LogP contribution in [0.3, 0.4) is 0 Å². The molecule has 7 nitrogen and oxygen atoms in total. The third-order valence-electron chi connectivity index (χ3n) is 3.82. The standard InChI is InChI=1S/C15H21FN2O5S/c1-3-23-14-9-18(8-13(14)19)15(20)7-17-24(21,22)11-4-5-12(16)10(2)6-11/h4-6,13-14,17,19H,3,7-9H2,1-2H3/t13-,14-/m1/s1. The normalized spacial score (nSPS) is 21.2. The number of aliphatic hydroxyl groups excluding tert-OH is 1. The molecule has 1 aromatic rings. The Morgan fingerprint density at radius 3 is 2.79 bits per heavy atom. The summed E-state index contributed by atoms with van der Waals surface area (Å²) in [6.07, 6.45) is -1.25. The van der Waals surface area contributed by atoms with Crippen LogP contribution in [0.4, 0.5) is 4.39 Å². The van der Waals surface area contributed by atoms with Gasteiger partial charge in [0, 0.05) is 19.7 Å². The van der Waals surface area contributed by atoms with E-state index in [1.165, 1.54) is 17.9 Å². The molecule has 24 heavy (non-hydrogen) atoms. The van der Waals surface area contributed by atoms with Gasteiger partial charge in [0.2, 0.25) is 15.9 Å². The highest BCUT2D eigenvalue weighted by Gasteiger charge is 2.34. The molecule has 0 aromatic heterocycles. The number of likely N-dealkylation sites (tertiary alicyclic amines) is 1. The number of β-amino-alcohol motifs (C(OH)–C–C–N with tert-alkyl or cyclic N) is 1. The van der Waals surface area contributed by atoms with Gasteiger partial charge >= 0.3 is 0 Å². The second kappa shape index (κ2) is 7.56. The molecule has 2 N–H and O–H groups in total. The Morgan fingerprint density at radius 2 is 2.17 bits per heavy atom. The lowest BCUT2D eigenvalue weighted by atomic mass is 10.2. The van der Waals surface area contributed by atoms with Crippen molar-refractivity contribution in [1.29, 1.82) is 0 Å². The number of amides is 1. The molecule has 2 atom stereocenters. The highest BCUT2D eigenvalue weighted by Crippen LogP contribution is 2.15. The minimum Gasteiger partial charge on any atom is -0.388 e. The van der Waals surface area contributed by atoms with Gasteiger partial charge < -0.3 is 14.7 Å². The fourth-order valence-corrected chi connectivity index (χ4v) is 3.53. The number of hydrogen-bond acceptors (Lipinski definition) is 5. The van der Waals surface area contributed by atoms with Crippen molar-refractivity contribution in [3.05, 3.63) is 29.6 Å². The van der Waals surface area contributed by atoms with Crippen molar-refractivity contribution in [2.45, 2.75) is 31.0 Å². The second-order valence-corrected chi connectivity index (χ2v) is 7.36. The summed E-state index contributed by atoms with van der Waals surface area (Å²) in [5.41, 5.74) is 0.200. The zero-order valence-corrected chi connectivity index (χ0v) is 14.3. The maximum absolute atomic E-state index is 13.2. The number of aliphatic hydroxyl groups is 1. The van der Waals surface area contributed by atoms with Gasteiger partial charge in [-0.05, 0) is 37.6 Å². The molecular weight excluding hydrogens is 339 g/mol. The number of nitrogens with one attached hydrogen (secondary N) is 1. The van der Waals surface area contributed by atoms with Crippen molar-refractivity contribution in [1.82, 2.24) is 9.62 Å². The van der Waals surface area contributed by atoms with Crippen LogP contribution in [0, 0.1) is 12.7 Å². The number of ether oxygens (including phenoxy) is 1. The molecule has 1 amide bonds. The van der Waals surface area contributed by atoms with Gasteiger partial charge in [0.15, 0.2) is 0 Å². The molecule has 1 aliphatic rings. The highest BCUT2D eigenvalue weighted by molar-refractivity contribution is 7.89. The molecular formula is C15H21FN2O5S. The summed E-state index contributed by atoms with van der Waals surface area (Å²) < 4.78 is 45.1. The van der Waals surface area contributed by atoms with Crippen LogP contribution in [0.25, 0.3) is 0 Å². The van der Waals surface area contributed by atoms with Crippen LogP contribution in [0.1, 0.15) is 12.5 Å². The fraction of sp³-hybridized carbons (Fsp3) is 0.533. The number of carbonyl (C=O) groups is 1. The van der Waals surface area contributed by atoms with Gasteiger partial charge in [0.05, 0.1) is 17.5 Å². The number of aryl methyl sites for hydroxylation is 1. The highest BCUT2D eigenvalue weighted by atomic mass is 32.2. The smallest absolute Gasteiger partial charge is 0.241 e. The molecule has 1 fully saturated rings. The Hall–Kier alpha value is -1.55. The van der Waals surface area contributed by atoms with Gasteiger partial charge in [-0.2, -0.15) is 0 Å². The van der Waals surface area contributed by atoms with E-state index in [0.717, 1.165) is 12.1 Å². The van der Waals surface area contributed by atoms with Crippen molar-refractivity contribution >= 4 is 15.9 Å². The average molecular weight is 360 g/mol. The zero-order valence-electron chi connectivity index (χ0n) is 13.5. The van der Waals surface area contributed by atoms with E-state index in [2.05, 4.69) is 4.72 Å². The zero-order chi connectivity index (χ0) is 17.9. The average Bonchev–Trinajstić information content (AvgIpc) is 2.89. The van der Waals surface area contributed by atoms with Crippen LogP contribution >= 0.6 is 0 Å². The van der Waals surface area contributed by atoms with E-state index in [9.17, 15) is 22.7 Å². The molecule has 134 valence electrons. The summed E-state index contributed by atoms with van der Waals surface area (Å²) in [4.78, 5) is 13.4. The minimum atomic E-state index is -3.92. The Morgan fingerprint density at radius 1 is 1.46 bits per heavy atom. The van der Waals surface area contributed by atoms with E-state index in [0.29, 0.717) is 6.61 Å². The molecule has 2 rings (SSSR count). The first-order chi connectivity index (χ1) is 11.2. The van der Waals surface area contributed by atoms with Crippen molar-refractivity contribution in [2.75, 3.05) is 26.2 Å². The van der Waals surface area contributed by atoms with E-state index in [1.807, 2.05) is 0 Å². The molecule has 9 heteroatoms. The van der Waals surface area contributed by atoms with Gasteiger partial charge in [-0.1, -0.05) is 0 Å². The first kappa shape index (κ1) is 18.8. The third-order valence-corrected chi connectivity index (χ3v) is 5.22. The lowest BCUT2D eigenvalue weighted by Gasteiger charge is -2.16. The molecule has 1 aromatic carbocycles. The van der Waals surface area contributed by atoms with Gasteiger partial charge in [-0.25, -0.2) is 17.5 Å². The summed E-state index contributed by atoms with van der Waals surface area (Å²) >= 11 is 0. The molecule has 0 bridgehead atoms. The van der Waals surface area contributed by atoms with E-state index in [4.69, 9.17) is 4.74 Å². The Balaban J connectivity index is 1.97. The molecule has 1 aliphatic heterocycles. The Bertz CT molecular complexity index is 710. The maximum atomic E-state index is 13.2. The van der Waals surface area contributed by atoms with E-state index in [1.54, 1.807) is 6.92 Å². The molecule has 0 aliphatic carbocycles. The molecule has 0 saturated carbocycles. The predicted octanol–water partition coefficient (Wildman–Crippen LogP) is 0.0206. The van der Waals surface area contributed by atoms with E-state index < -0.39 is 40.5 Å². The van der Waals surface area contributed by atoms with Gasteiger partial charge in [0.25, 0.3) is 0 Å². The number of benzene rings is 1. The summed E-state index contributed by atoms with van der Waals surface area (Å²) in [7, 11) is -3.92. The summed E-state index contributed by atoms with van der Waals surface area (Å²) in [6, 6.07) is 3.40. The number of rotatable bonds is 6. The maximum Gasteiger partial charge on any atom is 0.241 e. The minimum absolute atomic E-state index is 0.0981. The lowest BCUT2D eigenvalue weighted by Crippen LogP contribution is -2.39. The quantitative estimate of drug-likeness (QED) is 0.746. The van der Waals surface area contributed by atoms with Crippen LogP contribution in [-0.4, -0.2) is 62.8 Å². The van der Waals surface area contributed by atoms with Gasteiger partial charge in [-0.3, -0.25) is 4.79 Å². The van der Waals surface area contributed by atoms with Crippen molar-refractivity contribution < 1.29 is 27.4 Å². The van der Waals surface area contributed by atoms with E-state index >= 15 is 0 Å². The molecule has 0 spiro atoms. The SMILES string of the molecule is CCO[C@@H]1CN(C(=O)CNS(=O)(=O)c2ccc(F)c(C)c2)C[C@H]1O. The Labute approximate surface area is 140 Å². The van der Waals surface area contributed by atoms with Crippen molar-refractivity contribution in [3.63, 3.8) is 0 Å². The van der Waals surface area contributed by atoms with E-state index in [-0.39, 0.29) is 23.5 Å². The fourth-order valence-electron chi connectivity index (χ4n) is 2.47. The second-order valence-electron chi connectivity index (χ2n) is 5.60. The number of carbonyl (C=O) groups excluding carboxylic acids is 1. The Kier molecular flexibility index (Phi) is 5.92. The topological polar surface area (TPSA) is 95.9 Å². The van der Waals surface area contributed by atoms with Crippen LogP contribution < -0.4 is 4.72 Å². The first-order valence-corrected chi connectivity index (χ1v) is 9.06. The van der Waals surface area contributed by atoms with Crippen molar-refractivity contribution in [3.8, 4) is 0 Å². The number of hydrogen-bond donors (Lipinski definition) is 2. The third kappa shape index (κ3) is 4.29. The summed E-state index contributed by atoms with van der Waals surface area (Å²) in [5.74, 6) is -0.961. The predicted molar refractivity (Wildman–Crippen MR) is 84.3 cm³/mol. The largest absolute Gasteiger partial charge is 0.388 e. The molecule has 0 unspecified atom stereocenters. The van der Waals surface area contributed by atoms with Crippen LogP contribution in [0.15, 0.2) is 23.1 Å². The lowest BCUT2D eigenvalue weighted by molar-refractivity contribution is -0.129. The van der Waals surface area contributed by atoms with Gasteiger partial charge in [-0.15, -0.1) is 0 Å². The summed E-state index contributed by atoms with van der Waals surface area (Å²) in [6.45, 7) is 3.53. The molecule has 0 radical (unpaired) electrons. The monoisotopic (exact) mass is 360 g/mol. The molecule has 1 heterocycles.